The van der Waals surface area contributed by atoms with Crippen molar-refractivity contribution in [1.29, 1.82) is 0 Å². The summed E-state index contributed by atoms with van der Waals surface area (Å²) in [6.07, 6.45) is 1.64. The summed E-state index contributed by atoms with van der Waals surface area (Å²) in [5.41, 5.74) is 1.01. The zero-order valence-electron chi connectivity index (χ0n) is 11.6. The van der Waals surface area contributed by atoms with E-state index in [0.29, 0.717) is 11.6 Å². The predicted molar refractivity (Wildman–Crippen MR) is 77.8 cm³/mol. The van der Waals surface area contributed by atoms with Crippen molar-refractivity contribution in [1.82, 2.24) is 4.90 Å². The predicted octanol–water partition coefficient (Wildman–Crippen LogP) is 3.26. The number of rotatable bonds is 5. The Morgan fingerprint density at radius 1 is 1.32 bits per heavy atom. The number of ether oxygens (including phenoxy) is 1. The third-order valence-corrected chi connectivity index (χ3v) is 3.71. The molecule has 1 N–H and O–H groups in total. The van der Waals surface area contributed by atoms with Crippen LogP contribution in [0.2, 0.25) is 5.02 Å². The van der Waals surface area contributed by atoms with Gasteiger partial charge in [-0.3, -0.25) is 4.90 Å². The molecule has 0 bridgehead atoms. The summed E-state index contributed by atoms with van der Waals surface area (Å²) < 4.78 is 5.59. The molecule has 2 rings (SSSR count). The molecule has 0 spiro atoms. The van der Waals surface area contributed by atoms with Gasteiger partial charge in [-0.25, -0.2) is 0 Å². The molecule has 0 aliphatic carbocycles. The van der Waals surface area contributed by atoms with Crippen LogP contribution in [0.4, 0.5) is 0 Å². The molecule has 2 unspecified atom stereocenters. The highest BCUT2D eigenvalue weighted by molar-refractivity contribution is 6.30. The lowest BCUT2D eigenvalue weighted by Gasteiger charge is -2.38. The molecular weight excluding hydrogens is 262 g/mol. The second-order valence-corrected chi connectivity index (χ2v) is 5.48. The van der Waals surface area contributed by atoms with Gasteiger partial charge in [0.2, 0.25) is 0 Å². The van der Waals surface area contributed by atoms with Gasteiger partial charge in [0, 0.05) is 10.6 Å². The Morgan fingerprint density at radius 3 is 2.63 bits per heavy atom. The fraction of sp³-hybridized carbons (Fsp3) is 0.600. The van der Waals surface area contributed by atoms with Crippen molar-refractivity contribution in [3.8, 4) is 5.75 Å². The lowest BCUT2D eigenvalue weighted by atomic mass is 9.96. The molecule has 106 valence electrons. The normalized spacial score (nSPS) is 22.2. The van der Waals surface area contributed by atoms with Gasteiger partial charge in [0.25, 0.3) is 0 Å². The quantitative estimate of drug-likeness (QED) is 0.900. The van der Waals surface area contributed by atoms with Crippen LogP contribution < -0.4 is 4.74 Å². The minimum Gasteiger partial charge on any atom is -0.490 e. The summed E-state index contributed by atoms with van der Waals surface area (Å²) in [6, 6.07) is 5.64. The smallest absolute Gasteiger partial charge is 0.124 e. The minimum absolute atomic E-state index is 0.0117. The fourth-order valence-corrected chi connectivity index (χ4v) is 2.94. The van der Waals surface area contributed by atoms with Crippen LogP contribution in [0.3, 0.4) is 0 Å². The molecule has 0 fully saturated rings. The molecular formula is C15H22ClNO2. The number of fused-ring (bicyclic) bond motifs is 1. The van der Waals surface area contributed by atoms with Gasteiger partial charge in [-0.2, -0.15) is 0 Å². The van der Waals surface area contributed by atoms with Gasteiger partial charge >= 0.3 is 0 Å². The molecule has 0 aromatic heterocycles. The molecule has 0 radical (unpaired) electrons. The topological polar surface area (TPSA) is 32.7 Å². The molecule has 1 aliphatic heterocycles. The van der Waals surface area contributed by atoms with Crippen molar-refractivity contribution in [2.24, 2.45) is 0 Å². The summed E-state index contributed by atoms with van der Waals surface area (Å²) in [5, 5.41) is 11.0. The SMILES string of the molecule is CCCN(CCC)C1c2cc(Cl)ccc2OCC1O. The van der Waals surface area contributed by atoms with E-state index in [4.69, 9.17) is 16.3 Å². The first-order chi connectivity index (χ1) is 9.17. The van der Waals surface area contributed by atoms with Gasteiger partial charge in [-0.15, -0.1) is 0 Å². The van der Waals surface area contributed by atoms with Crippen LogP contribution in [0.5, 0.6) is 5.75 Å². The number of hydrogen-bond donors (Lipinski definition) is 1. The Kier molecular flexibility index (Phi) is 5.08. The van der Waals surface area contributed by atoms with Gasteiger partial charge in [0.05, 0.1) is 6.04 Å². The zero-order chi connectivity index (χ0) is 13.8. The second-order valence-electron chi connectivity index (χ2n) is 5.04. The molecule has 19 heavy (non-hydrogen) atoms. The Morgan fingerprint density at radius 2 is 2.00 bits per heavy atom. The first kappa shape index (κ1) is 14.6. The number of nitrogens with zero attached hydrogens (tertiary/aromatic N) is 1. The van der Waals surface area contributed by atoms with Crippen molar-refractivity contribution in [3.05, 3.63) is 28.8 Å². The molecule has 2 atom stereocenters. The summed E-state index contributed by atoms with van der Waals surface area (Å²) in [5.74, 6) is 0.844. The largest absolute Gasteiger partial charge is 0.490 e. The summed E-state index contributed by atoms with van der Waals surface area (Å²) >= 11 is 6.09. The van der Waals surface area contributed by atoms with Crippen LogP contribution in [-0.2, 0) is 0 Å². The molecule has 0 saturated heterocycles. The summed E-state index contributed by atoms with van der Waals surface area (Å²) in [4.78, 5) is 2.34. The van der Waals surface area contributed by atoms with Crippen molar-refractivity contribution >= 4 is 11.6 Å². The average molecular weight is 284 g/mol. The van der Waals surface area contributed by atoms with E-state index in [1.54, 1.807) is 0 Å². The minimum atomic E-state index is -0.496. The van der Waals surface area contributed by atoms with Crippen molar-refractivity contribution in [2.45, 2.75) is 38.8 Å². The van der Waals surface area contributed by atoms with E-state index < -0.39 is 6.10 Å². The molecule has 0 saturated carbocycles. The number of halogens is 1. The van der Waals surface area contributed by atoms with Crippen LogP contribution in [0.25, 0.3) is 0 Å². The molecule has 4 heteroatoms. The van der Waals surface area contributed by atoms with E-state index in [9.17, 15) is 5.11 Å². The molecule has 3 nitrogen and oxygen atoms in total. The second kappa shape index (κ2) is 6.60. The number of benzene rings is 1. The highest BCUT2D eigenvalue weighted by atomic mass is 35.5. The first-order valence-electron chi connectivity index (χ1n) is 7.01. The van der Waals surface area contributed by atoms with Crippen LogP contribution in [0.15, 0.2) is 18.2 Å². The summed E-state index contributed by atoms with van der Waals surface area (Å²) in [7, 11) is 0. The van der Waals surface area contributed by atoms with E-state index in [1.165, 1.54) is 0 Å². The number of aliphatic hydroxyl groups is 1. The maximum Gasteiger partial charge on any atom is 0.124 e. The number of aliphatic hydroxyl groups excluding tert-OH is 1. The Bertz CT molecular complexity index is 419. The maximum absolute atomic E-state index is 10.3. The molecule has 1 heterocycles. The lowest BCUT2D eigenvalue weighted by Crippen LogP contribution is -2.42. The van der Waals surface area contributed by atoms with E-state index in [0.717, 1.165) is 37.2 Å². The van der Waals surface area contributed by atoms with Gasteiger partial charge in [0.15, 0.2) is 0 Å². The van der Waals surface area contributed by atoms with E-state index in [-0.39, 0.29) is 6.04 Å². The Labute approximate surface area is 120 Å². The molecule has 1 aliphatic rings. The van der Waals surface area contributed by atoms with E-state index >= 15 is 0 Å². The van der Waals surface area contributed by atoms with Gasteiger partial charge < -0.3 is 9.84 Å². The first-order valence-corrected chi connectivity index (χ1v) is 7.39. The standard InChI is InChI=1S/C15H22ClNO2/c1-3-7-17(8-4-2)15-12-9-11(16)5-6-14(12)19-10-13(15)18/h5-6,9,13,15,18H,3-4,7-8,10H2,1-2H3. The summed E-state index contributed by atoms with van der Waals surface area (Å²) in [6.45, 7) is 6.62. The Hall–Kier alpha value is -0.770. The van der Waals surface area contributed by atoms with Crippen molar-refractivity contribution < 1.29 is 9.84 Å². The van der Waals surface area contributed by atoms with Crippen LogP contribution in [0, 0.1) is 0 Å². The Balaban J connectivity index is 2.34. The van der Waals surface area contributed by atoms with Gasteiger partial charge in [-0.1, -0.05) is 25.4 Å². The third kappa shape index (κ3) is 3.22. The van der Waals surface area contributed by atoms with E-state index in [1.807, 2.05) is 18.2 Å². The average Bonchev–Trinajstić information content (AvgIpc) is 2.38. The highest BCUT2D eigenvalue weighted by Gasteiger charge is 2.33. The van der Waals surface area contributed by atoms with Crippen LogP contribution in [0.1, 0.15) is 38.3 Å². The lowest BCUT2D eigenvalue weighted by molar-refractivity contribution is -0.000191. The highest BCUT2D eigenvalue weighted by Crippen LogP contribution is 2.37. The van der Waals surface area contributed by atoms with Crippen LogP contribution in [-0.4, -0.2) is 35.8 Å². The fourth-order valence-electron chi connectivity index (χ4n) is 2.76. The van der Waals surface area contributed by atoms with Gasteiger partial charge in [-0.05, 0) is 44.1 Å². The van der Waals surface area contributed by atoms with Crippen molar-refractivity contribution in [2.75, 3.05) is 19.7 Å². The van der Waals surface area contributed by atoms with E-state index in [2.05, 4.69) is 18.7 Å². The third-order valence-electron chi connectivity index (χ3n) is 3.48. The zero-order valence-corrected chi connectivity index (χ0v) is 12.4. The van der Waals surface area contributed by atoms with Crippen LogP contribution >= 0.6 is 11.6 Å². The molecule has 0 amide bonds. The molecule has 1 aromatic rings. The van der Waals surface area contributed by atoms with Gasteiger partial charge in [0.1, 0.15) is 18.5 Å². The monoisotopic (exact) mass is 283 g/mol. The maximum atomic E-state index is 10.3. The number of hydrogen-bond acceptors (Lipinski definition) is 3. The molecule has 1 aromatic carbocycles. The van der Waals surface area contributed by atoms with Crippen molar-refractivity contribution in [3.63, 3.8) is 0 Å².